The van der Waals surface area contributed by atoms with Gasteiger partial charge in [-0.15, -0.1) is 0 Å². The molecule has 1 aliphatic rings. The van der Waals surface area contributed by atoms with Crippen LogP contribution in [-0.4, -0.2) is 6.04 Å². The molecule has 19 heavy (non-hydrogen) atoms. The number of benzene rings is 1. The normalized spacial score (nSPS) is 27.6. The van der Waals surface area contributed by atoms with Gasteiger partial charge in [-0.25, -0.2) is 8.78 Å². The molecule has 1 fully saturated rings. The van der Waals surface area contributed by atoms with Crippen molar-refractivity contribution in [3.8, 4) is 0 Å². The highest BCUT2D eigenvalue weighted by molar-refractivity contribution is 5.46. The predicted molar refractivity (Wildman–Crippen MR) is 75.1 cm³/mol. The van der Waals surface area contributed by atoms with Crippen LogP contribution < -0.4 is 5.32 Å². The summed E-state index contributed by atoms with van der Waals surface area (Å²) in [5.74, 6) is 0.183. The van der Waals surface area contributed by atoms with Crippen molar-refractivity contribution in [3.05, 3.63) is 29.8 Å². The summed E-state index contributed by atoms with van der Waals surface area (Å²) in [6, 6.07) is 4.57. The first kappa shape index (κ1) is 14.3. The molecular formula is C16H23F2N. The summed E-state index contributed by atoms with van der Waals surface area (Å²) < 4.78 is 27.0. The molecule has 0 aromatic heterocycles. The Labute approximate surface area is 114 Å². The molecule has 2 rings (SSSR count). The van der Waals surface area contributed by atoms with E-state index >= 15 is 0 Å². The zero-order chi connectivity index (χ0) is 14.0. The maximum atomic E-state index is 13.7. The van der Waals surface area contributed by atoms with E-state index in [1.807, 2.05) is 0 Å². The van der Waals surface area contributed by atoms with Crippen LogP contribution in [0.25, 0.3) is 0 Å². The van der Waals surface area contributed by atoms with E-state index in [1.54, 1.807) is 12.1 Å². The van der Waals surface area contributed by atoms with Crippen LogP contribution in [0.4, 0.5) is 14.5 Å². The summed E-state index contributed by atoms with van der Waals surface area (Å²) in [5, 5.41) is 3.24. The molecule has 3 unspecified atom stereocenters. The third kappa shape index (κ3) is 3.26. The lowest BCUT2D eigenvalue weighted by Gasteiger charge is -2.38. The minimum atomic E-state index is -0.782. The lowest BCUT2D eigenvalue weighted by atomic mass is 9.74. The highest BCUT2D eigenvalue weighted by Crippen LogP contribution is 2.35. The SMILES string of the molecule is CC1CCC(C(C)C)C(Nc2cccc(F)c2F)C1. The Balaban J connectivity index is 2.16. The maximum absolute atomic E-state index is 13.7. The molecule has 1 nitrogen and oxygen atoms in total. The van der Waals surface area contributed by atoms with E-state index < -0.39 is 11.6 Å². The fraction of sp³-hybridized carbons (Fsp3) is 0.625. The van der Waals surface area contributed by atoms with Gasteiger partial charge in [-0.1, -0.05) is 33.3 Å². The number of nitrogens with one attached hydrogen (secondary N) is 1. The molecule has 0 spiro atoms. The van der Waals surface area contributed by atoms with Gasteiger partial charge in [0.1, 0.15) is 0 Å². The minimum absolute atomic E-state index is 0.236. The van der Waals surface area contributed by atoms with Crippen molar-refractivity contribution >= 4 is 5.69 Å². The van der Waals surface area contributed by atoms with Gasteiger partial charge in [0.05, 0.1) is 5.69 Å². The van der Waals surface area contributed by atoms with Crippen molar-refractivity contribution in [3.63, 3.8) is 0 Å². The van der Waals surface area contributed by atoms with Crippen LogP contribution in [0.5, 0.6) is 0 Å². The van der Waals surface area contributed by atoms with Gasteiger partial charge in [0.25, 0.3) is 0 Å². The largest absolute Gasteiger partial charge is 0.380 e. The molecular weight excluding hydrogens is 244 g/mol. The van der Waals surface area contributed by atoms with Crippen LogP contribution in [-0.2, 0) is 0 Å². The number of hydrogen-bond acceptors (Lipinski definition) is 1. The lowest BCUT2D eigenvalue weighted by molar-refractivity contribution is 0.211. The van der Waals surface area contributed by atoms with Gasteiger partial charge >= 0.3 is 0 Å². The van der Waals surface area contributed by atoms with Crippen molar-refractivity contribution < 1.29 is 8.78 Å². The number of anilines is 1. The summed E-state index contributed by atoms with van der Waals surface area (Å²) in [5.41, 5.74) is 0.296. The maximum Gasteiger partial charge on any atom is 0.181 e. The topological polar surface area (TPSA) is 12.0 Å². The molecule has 1 saturated carbocycles. The van der Waals surface area contributed by atoms with Gasteiger partial charge in [-0.3, -0.25) is 0 Å². The highest BCUT2D eigenvalue weighted by atomic mass is 19.2. The minimum Gasteiger partial charge on any atom is -0.380 e. The van der Waals surface area contributed by atoms with E-state index in [2.05, 4.69) is 26.1 Å². The monoisotopic (exact) mass is 267 g/mol. The Morgan fingerprint density at radius 3 is 2.63 bits per heavy atom. The second kappa shape index (κ2) is 5.89. The fourth-order valence-electron chi connectivity index (χ4n) is 3.18. The molecule has 3 heteroatoms. The number of halogens is 2. The summed E-state index contributed by atoms with van der Waals surface area (Å²) >= 11 is 0. The molecule has 3 atom stereocenters. The first-order chi connectivity index (χ1) is 8.99. The molecule has 1 N–H and O–H groups in total. The molecule has 1 aromatic carbocycles. The van der Waals surface area contributed by atoms with Crippen LogP contribution in [0.1, 0.15) is 40.0 Å². The van der Waals surface area contributed by atoms with Crippen molar-refractivity contribution in [2.45, 2.75) is 46.1 Å². The van der Waals surface area contributed by atoms with Crippen LogP contribution in [0.3, 0.4) is 0 Å². The third-order valence-corrected chi connectivity index (χ3v) is 4.31. The first-order valence-corrected chi connectivity index (χ1v) is 7.19. The molecule has 0 radical (unpaired) electrons. The Kier molecular flexibility index (Phi) is 4.43. The molecule has 0 saturated heterocycles. The van der Waals surface area contributed by atoms with Crippen LogP contribution >= 0.6 is 0 Å². The molecule has 106 valence electrons. The lowest BCUT2D eigenvalue weighted by Crippen LogP contribution is -2.38. The average Bonchev–Trinajstić information content (AvgIpc) is 2.35. The van der Waals surface area contributed by atoms with Gasteiger partial charge in [0.15, 0.2) is 11.6 Å². The van der Waals surface area contributed by atoms with E-state index in [0.29, 0.717) is 23.4 Å². The van der Waals surface area contributed by atoms with Gasteiger partial charge in [-0.2, -0.15) is 0 Å². The Bertz CT molecular complexity index is 431. The van der Waals surface area contributed by atoms with Crippen LogP contribution in [0.15, 0.2) is 18.2 Å². The number of rotatable bonds is 3. The van der Waals surface area contributed by atoms with Crippen molar-refractivity contribution in [1.82, 2.24) is 0 Å². The van der Waals surface area contributed by atoms with E-state index in [4.69, 9.17) is 0 Å². The summed E-state index contributed by atoms with van der Waals surface area (Å²) in [6.45, 7) is 6.64. The summed E-state index contributed by atoms with van der Waals surface area (Å²) in [4.78, 5) is 0. The molecule has 1 aromatic rings. The molecule has 0 amide bonds. The second-order valence-corrected chi connectivity index (χ2v) is 6.18. The molecule has 0 bridgehead atoms. The summed E-state index contributed by atoms with van der Waals surface area (Å²) in [7, 11) is 0. The van der Waals surface area contributed by atoms with Gasteiger partial charge in [0.2, 0.25) is 0 Å². The van der Waals surface area contributed by atoms with Crippen LogP contribution in [0.2, 0.25) is 0 Å². The van der Waals surface area contributed by atoms with Crippen LogP contribution in [0, 0.1) is 29.4 Å². The molecule has 0 heterocycles. The Morgan fingerprint density at radius 2 is 1.95 bits per heavy atom. The van der Waals surface area contributed by atoms with Crippen molar-refractivity contribution in [2.75, 3.05) is 5.32 Å². The summed E-state index contributed by atoms with van der Waals surface area (Å²) in [6.07, 6.45) is 3.42. The van der Waals surface area contributed by atoms with E-state index in [0.717, 1.165) is 18.9 Å². The van der Waals surface area contributed by atoms with E-state index in [9.17, 15) is 8.78 Å². The van der Waals surface area contributed by atoms with Gasteiger partial charge in [0, 0.05) is 6.04 Å². The van der Waals surface area contributed by atoms with Gasteiger partial charge in [-0.05, 0) is 42.7 Å². The highest BCUT2D eigenvalue weighted by Gasteiger charge is 2.31. The van der Waals surface area contributed by atoms with E-state index in [-0.39, 0.29) is 6.04 Å². The van der Waals surface area contributed by atoms with Crippen molar-refractivity contribution in [1.29, 1.82) is 0 Å². The predicted octanol–water partition coefficient (Wildman–Crippen LogP) is 4.84. The fourth-order valence-corrected chi connectivity index (χ4v) is 3.18. The quantitative estimate of drug-likeness (QED) is 0.826. The number of hydrogen-bond donors (Lipinski definition) is 1. The molecule has 0 aliphatic heterocycles. The Morgan fingerprint density at radius 1 is 1.21 bits per heavy atom. The smallest absolute Gasteiger partial charge is 0.181 e. The van der Waals surface area contributed by atoms with Crippen molar-refractivity contribution in [2.24, 2.45) is 17.8 Å². The van der Waals surface area contributed by atoms with Gasteiger partial charge < -0.3 is 5.32 Å². The third-order valence-electron chi connectivity index (χ3n) is 4.31. The van der Waals surface area contributed by atoms with E-state index in [1.165, 1.54) is 6.42 Å². The average molecular weight is 267 g/mol. The molecule has 1 aliphatic carbocycles. The zero-order valence-electron chi connectivity index (χ0n) is 11.9. The first-order valence-electron chi connectivity index (χ1n) is 7.19. The second-order valence-electron chi connectivity index (χ2n) is 6.18. The standard InChI is InChI=1S/C16H23F2N/c1-10(2)12-8-7-11(3)9-15(12)19-14-6-4-5-13(17)16(14)18/h4-6,10-12,15,19H,7-9H2,1-3H3. The zero-order valence-corrected chi connectivity index (χ0v) is 11.9. The Hall–Kier alpha value is -1.12.